The summed E-state index contributed by atoms with van der Waals surface area (Å²) in [5, 5.41) is 10.8. The maximum atomic E-state index is 15.2. The van der Waals surface area contributed by atoms with Crippen LogP contribution in [0.25, 0.3) is 0 Å². The van der Waals surface area contributed by atoms with Crippen LogP contribution in [-0.2, 0) is 19.1 Å². The van der Waals surface area contributed by atoms with Gasteiger partial charge in [-0.3, -0.25) is 14.4 Å². The summed E-state index contributed by atoms with van der Waals surface area (Å²) >= 11 is 0. The molecule has 3 aliphatic heterocycles. The Morgan fingerprint density at radius 1 is 0.918 bits per heavy atom. The lowest BCUT2D eigenvalue weighted by molar-refractivity contribution is -0.150. The Balaban J connectivity index is 1.64. The van der Waals surface area contributed by atoms with Crippen LogP contribution >= 0.6 is 0 Å². The van der Waals surface area contributed by atoms with Gasteiger partial charge in [-0.2, -0.15) is 0 Å². The van der Waals surface area contributed by atoms with E-state index in [0.29, 0.717) is 37.1 Å². The van der Waals surface area contributed by atoms with E-state index in [9.17, 15) is 9.90 Å². The number of hydrogen-bond donors (Lipinski definition) is 1. The first-order valence-electron chi connectivity index (χ1n) is 18.0. The minimum Gasteiger partial charge on any atom is -0.394 e. The number of ether oxygens (including phenoxy) is 1. The van der Waals surface area contributed by atoms with Gasteiger partial charge in [-0.05, 0) is 75.4 Å². The molecule has 0 radical (unpaired) electrons. The van der Waals surface area contributed by atoms with E-state index in [1.807, 2.05) is 75.4 Å². The zero-order valence-corrected chi connectivity index (χ0v) is 29.9. The van der Waals surface area contributed by atoms with Crippen molar-refractivity contribution >= 4 is 34.8 Å². The molecule has 0 saturated carbocycles. The Morgan fingerprint density at radius 3 is 2.02 bits per heavy atom. The van der Waals surface area contributed by atoms with E-state index < -0.39 is 35.1 Å². The maximum Gasteiger partial charge on any atom is 0.253 e. The third-order valence-corrected chi connectivity index (χ3v) is 11.5. The first kappa shape index (κ1) is 36.3. The van der Waals surface area contributed by atoms with Gasteiger partial charge in [0.1, 0.15) is 11.6 Å². The van der Waals surface area contributed by atoms with Gasteiger partial charge in [-0.25, -0.2) is 0 Å². The Morgan fingerprint density at radius 2 is 1.49 bits per heavy atom. The number of nitrogens with zero attached hydrogens (tertiary/aromatic N) is 4. The van der Waals surface area contributed by atoms with Crippen LogP contribution in [0.1, 0.15) is 60.3 Å². The smallest absolute Gasteiger partial charge is 0.253 e. The summed E-state index contributed by atoms with van der Waals surface area (Å²) in [5.74, 6) is -2.59. The molecule has 49 heavy (non-hydrogen) atoms. The zero-order chi connectivity index (χ0) is 35.5. The molecular formula is C40H54N4O5. The summed E-state index contributed by atoms with van der Waals surface area (Å²) < 4.78 is 7.11. The number of para-hydroxylation sites is 1. The summed E-state index contributed by atoms with van der Waals surface area (Å²) in [6.07, 6.45) is 5.59. The molecule has 3 aliphatic rings. The second-order valence-corrected chi connectivity index (χ2v) is 13.7. The Bertz CT molecular complexity index is 1510. The van der Waals surface area contributed by atoms with Crippen molar-refractivity contribution in [2.75, 3.05) is 47.5 Å². The van der Waals surface area contributed by atoms with E-state index in [0.717, 1.165) is 18.8 Å². The molecule has 3 amide bonds. The maximum absolute atomic E-state index is 15.2. The molecule has 3 heterocycles. The van der Waals surface area contributed by atoms with Crippen molar-refractivity contribution < 1.29 is 24.2 Å². The number of aliphatic hydroxyl groups excluding tert-OH is 1. The number of carbonyl (C=O) groups is 3. The minimum absolute atomic E-state index is 0.103. The van der Waals surface area contributed by atoms with Crippen LogP contribution in [0.5, 0.6) is 0 Å². The highest BCUT2D eigenvalue weighted by Gasteiger charge is 2.79. The van der Waals surface area contributed by atoms with E-state index in [1.54, 1.807) is 26.9 Å². The van der Waals surface area contributed by atoms with Crippen molar-refractivity contribution in [3.63, 3.8) is 0 Å². The van der Waals surface area contributed by atoms with Gasteiger partial charge in [0.2, 0.25) is 11.8 Å². The van der Waals surface area contributed by atoms with Crippen molar-refractivity contribution in [3.05, 3.63) is 79.9 Å². The first-order valence-corrected chi connectivity index (χ1v) is 18.0. The summed E-state index contributed by atoms with van der Waals surface area (Å²) in [5.41, 5.74) is 0.311. The summed E-state index contributed by atoms with van der Waals surface area (Å²) in [4.78, 5) is 52.3. The second kappa shape index (κ2) is 14.9. The van der Waals surface area contributed by atoms with Crippen molar-refractivity contribution in [1.29, 1.82) is 0 Å². The number of anilines is 3. The number of rotatable bonds is 16. The standard InChI is InChI=1S/C40H54N4O5/c1-8-25-42(30-17-15-14-16-18-30)36(46)33-34-37(47)44(32(27-45)28(7)10-3)35(40(34)24-23-39(33,11-4)49-40)38(48)43(26-9-2)31-21-19-29(20-22-31)41(12-5)13-6/h8-9,14-22,28,32-35,45H,1-2,10-13,23-27H2,3-7H3/t28-,32-,33+,34-,35?,39-,40?/m0/s1. The molecule has 2 unspecified atom stereocenters. The number of likely N-dealkylation sites (tertiary alicyclic amines) is 1. The van der Waals surface area contributed by atoms with Crippen LogP contribution in [0.15, 0.2) is 79.9 Å². The monoisotopic (exact) mass is 670 g/mol. The molecule has 264 valence electrons. The predicted octanol–water partition coefficient (Wildman–Crippen LogP) is 5.83. The normalized spacial score (nSPS) is 26.6. The largest absolute Gasteiger partial charge is 0.394 e. The predicted molar refractivity (Wildman–Crippen MR) is 196 cm³/mol. The molecule has 3 saturated heterocycles. The highest BCUT2D eigenvalue weighted by atomic mass is 16.5. The van der Waals surface area contributed by atoms with Crippen LogP contribution in [0, 0.1) is 17.8 Å². The van der Waals surface area contributed by atoms with Crippen molar-refractivity contribution in [2.24, 2.45) is 17.8 Å². The lowest BCUT2D eigenvalue weighted by atomic mass is 9.64. The number of aliphatic hydroxyl groups is 1. The molecule has 0 aromatic heterocycles. The average molecular weight is 671 g/mol. The van der Waals surface area contributed by atoms with Crippen LogP contribution in [0.4, 0.5) is 17.1 Å². The Hall–Kier alpha value is -3.95. The SMILES string of the molecule is C=CCN(C(=O)C1N([C@@H](CO)[C@@H](C)CC)C(=O)[C@@H]2[C@H](C(=O)N(CC=C)c3ccccc3)[C@]3(CC)CCC12O3)c1ccc(N(CC)CC)cc1. The van der Waals surface area contributed by atoms with Gasteiger partial charge in [0.15, 0.2) is 0 Å². The topological polar surface area (TPSA) is 93.6 Å². The molecule has 1 spiro atoms. The van der Waals surface area contributed by atoms with Crippen LogP contribution < -0.4 is 14.7 Å². The van der Waals surface area contributed by atoms with Crippen LogP contribution in [0.2, 0.25) is 0 Å². The first-order chi connectivity index (χ1) is 23.6. The number of amides is 3. The van der Waals surface area contributed by atoms with E-state index in [-0.39, 0.29) is 43.3 Å². The molecule has 0 aliphatic carbocycles. The molecular weight excluding hydrogens is 616 g/mol. The highest BCUT2D eigenvalue weighted by molar-refractivity contribution is 6.07. The van der Waals surface area contributed by atoms with Gasteiger partial charge in [0, 0.05) is 43.2 Å². The molecule has 2 aromatic carbocycles. The summed E-state index contributed by atoms with van der Waals surface area (Å²) in [7, 11) is 0. The fourth-order valence-electron chi connectivity index (χ4n) is 8.74. The molecule has 2 bridgehead atoms. The number of benzene rings is 2. The minimum atomic E-state index is -1.23. The molecule has 7 atom stereocenters. The fourth-order valence-corrected chi connectivity index (χ4v) is 8.74. The highest BCUT2D eigenvalue weighted by Crippen LogP contribution is 2.65. The van der Waals surface area contributed by atoms with Gasteiger partial charge >= 0.3 is 0 Å². The third kappa shape index (κ3) is 5.99. The van der Waals surface area contributed by atoms with E-state index in [4.69, 9.17) is 4.74 Å². The lowest BCUT2D eigenvalue weighted by Crippen LogP contribution is -2.60. The lowest BCUT2D eigenvalue weighted by Gasteiger charge is -2.41. The fraction of sp³-hybridized carbons (Fsp3) is 0.525. The Labute approximate surface area is 292 Å². The van der Waals surface area contributed by atoms with Crippen molar-refractivity contribution in [1.82, 2.24) is 4.90 Å². The van der Waals surface area contributed by atoms with Gasteiger partial charge in [-0.15, -0.1) is 13.2 Å². The van der Waals surface area contributed by atoms with Gasteiger partial charge in [0.05, 0.1) is 30.1 Å². The summed E-state index contributed by atoms with van der Waals surface area (Å²) in [6, 6.07) is 15.6. The number of fused-ring (bicyclic) bond motifs is 1. The number of hydrogen-bond acceptors (Lipinski definition) is 6. The second-order valence-electron chi connectivity index (χ2n) is 13.7. The molecule has 9 nitrogen and oxygen atoms in total. The molecule has 1 N–H and O–H groups in total. The molecule has 3 fully saturated rings. The third-order valence-electron chi connectivity index (χ3n) is 11.5. The van der Waals surface area contributed by atoms with E-state index >= 15 is 9.59 Å². The van der Waals surface area contributed by atoms with Crippen molar-refractivity contribution in [2.45, 2.75) is 83.6 Å². The zero-order valence-electron chi connectivity index (χ0n) is 29.9. The van der Waals surface area contributed by atoms with Crippen LogP contribution in [-0.4, -0.2) is 83.8 Å². The van der Waals surface area contributed by atoms with E-state index in [1.165, 1.54) is 0 Å². The van der Waals surface area contributed by atoms with E-state index in [2.05, 4.69) is 31.9 Å². The van der Waals surface area contributed by atoms with Gasteiger partial charge in [0.25, 0.3) is 5.91 Å². The van der Waals surface area contributed by atoms with Gasteiger partial charge < -0.3 is 29.4 Å². The van der Waals surface area contributed by atoms with Crippen LogP contribution in [0.3, 0.4) is 0 Å². The quantitative estimate of drug-likeness (QED) is 0.226. The van der Waals surface area contributed by atoms with Crippen molar-refractivity contribution in [3.8, 4) is 0 Å². The molecule has 9 heteroatoms. The number of carbonyl (C=O) groups excluding carboxylic acids is 3. The Kier molecular flexibility index (Phi) is 11.0. The average Bonchev–Trinajstić information content (AvgIpc) is 3.74. The van der Waals surface area contributed by atoms with Gasteiger partial charge in [-0.1, -0.05) is 57.5 Å². The summed E-state index contributed by atoms with van der Waals surface area (Å²) in [6.45, 7) is 20.0. The molecule has 2 aromatic rings. The molecule has 5 rings (SSSR count).